The van der Waals surface area contributed by atoms with Crippen LogP contribution in [-0.4, -0.2) is 22.0 Å². The molecular weight excluding hydrogens is 396 g/mol. The summed E-state index contributed by atoms with van der Waals surface area (Å²) in [5.41, 5.74) is 3.82. The molecule has 0 radical (unpaired) electrons. The second-order valence-electron chi connectivity index (χ2n) is 5.93. The summed E-state index contributed by atoms with van der Waals surface area (Å²) in [5, 5.41) is 15.4. The molecule has 1 amide bonds. The molecule has 0 unspecified atom stereocenters. The van der Waals surface area contributed by atoms with Crippen molar-refractivity contribution in [3.8, 4) is 0 Å². The predicted molar refractivity (Wildman–Crippen MR) is 112 cm³/mol. The first-order valence-corrected chi connectivity index (χ1v) is 10.3. The zero-order valence-electron chi connectivity index (χ0n) is 15.1. The number of unbranched alkanes of at least 4 members (excludes halogenated alkanes) is 1. The van der Waals surface area contributed by atoms with E-state index in [9.17, 15) is 14.9 Å². The fraction of sp³-hybridized carbons (Fsp3) is 0.211. The summed E-state index contributed by atoms with van der Waals surface area (Å²) in [4.78, 5) is 27.6. The van der Waals surface area contributed by atoms with Gasteiger partial charge in [0.05, 0.1) is 26.3 Å². The molecule has 0 aliphatic carbocycles. The smallest absolute Gasteiger partial charge is 0.273 e. The summed E-state index contributed by atoms with van der Waals surface area (Å²) >= 11 is 2.76. The Hall–Kier alpha value is -2.78. The molecule has 0 bridgehead atoms. The third-order valence-corrected chi connectivity index (χ3v) is 5.97. The van der Waals surface area contributed by atoms with Crippen molar-refractivity contribution in [2.45, 2.75) is 35.4 Å². The van der Waals surface area contributed by atoms with Crippen LogP contribution in [0.25, 0.3) is 10.2 Å². The molecule has 3 rings (SSSR count). The quantitative estimate of drug-likeness (QED) is 0.318. The molecule has 0 atom stereocenters. The Morgan fingerprint density at radius 2 is 2.18 bits per heavy atom. The number of aromatic nitrogens is 1. The minimum atomic E-state index is -0.424. The highest BCUT2D eigenvalue weighted by Gasteiger charge is 2.17. The van der Waals surface area contributed by atoms with E-state index in [1.54, 1.807) is 12.1 Å². The molecule has 1 N–H and O–H groups in total. The Morgan fingerprint density at radius 3 is 2.93 bits per heavy atom. The van der Waals surface area contributed by atoms with E-state index in [0.717, 1.165) is 27.4 Å². The van der Waals surface area contributed by atoms with E-state index in [1.165, 1.54) is 35.4 Å². The number of nitrogens with one attached hydrogen (secondary N) is 1. The Labute approximate surface area is 170 Å². The van der Waals surface area contributed by atoms with Gasteiger partial charge in [-0.2, -0.15) is 5.10 Å². The van der Waals surface area contributed by atoms with Gasteiger partial charge in [0.25, 0.3) is 5.69 Å². The van der Waals surface area contributed by atoms with Gasteiger partial charge in [0.15, 0.2) is 4.34 Å². The van der Waals surface area contributed by atoms with E-state index in [2.05, 4.69) is 15.5 Å². The van der Waals surface area contributed by atoms with Crippen LogP contribution < -0.4 is 5.43 Å². The molecule has 0 aliphatic heterocycles. The SMILES string of the molecule is CCCCC(=O)N/N=C\c1ccc(Sc2nc3ccccc3s2)c([N+](=O)[O-])c1. The maximum atomic E-state index is 11.6. The number of hydrogen-bond acceptors (Lipinski definition) is 7. The summed E-state index contributed by atoms with van der Waals surface area (Å²) < 4.78 is 1.78. The first-order valence-electron chi connectivity index (χ1n) is 8.70. The molecule has 0 spiro atoms. The fourth-order valence-electron chi connectivity index (χ4n) is 2.40. The van der Waals surface area contributed by atoms with Gasteiger partial charge in [-0.25, -0.2) is 10.4 Å². The molecule has 0 saturated carbocycles. The van der Waals surface area contributed by atoms with Crippen LogP contribution in [0, 0.1) is 10.1 Å². The molecule has 3 aromatic rings. The lowest BCUT2D eigenvalue weighted by Gasteiger charge is -2.02. The van der Waals surface area contributed by atoms with Gasteiger partial charge in [-0.05, 0) is 24.6 Å². The second kappa shape index (κ2) is 9.43. The average molecular weight is 415 g/mol. The van der Waals surface area contributed by atoms with Crippen LogP contribution in [0.4, 0.5) is 5.69 Å². The number of nitro groups is 1. The summed E-state index contributed by atoms with van der Waals surface area (Å²) in [6, 6.07) is 12.6. The molecule has 2 aromatic carbocycles. The van der Waals surface area contributed by atoms with Crippen molar-refractivity contribution in [1.82, 2.24) is 10.4 Å². The summed E-state index contributed by atoms with van der Waals surface area (Å²) in [7, 11) is 0. The Balaban J connectivity index is 1.75. The Bertz CT molecular complexity index is 1000. The molecule has 1 aromatic heterocycles. The molecule has 0 aliphatic rings. The number of carbonyl (C=O) groups is 1. The summed E-state index contributed by atoms with van der Waals surface area (Å²) in [5.74, 6) is -0.171. The van der Waals surface area contributed by atoms with Crippen LogP contribution in [0.5, 0.6) is 0 Å². The van der Waals surface area contributed by atoms with Crippen LogP contribution >= 0.6 is 23.1 Å². The molecule has 0 saturated heterocycles. The number of fused-ring (bicyclic) bond motifs is 1. The fourth-order valence-corrected chi connectivity index (χ4v) is 4.51. The van der Waals surface area contributed by atoms with Crippen LogP contribution in [0.1, 0.15) is 31.7 Å². The van der Waals surface area contributed by atoms with Crippen molar-refractivity contribution < 1.29 is 9.72 Å². The first kappa shape index (κ1) is 20.0. The van der Waals surface area contributed by atoms with Crippen LogP contribution in [0.15, 0.2) is 56.8 Å². The lowest BCUT2D eigenvalue weighted by Crippen LogP contribution is -2.16. The van der Waals surface area contributed by atoms with E-state index in [-0.39, 0.29) is 11.6 Å². The average Bonchev–Trinajstić information content (AvgIpc) is 3.09. The third-order valence-electron chi connectivity index (χ3n) is 3.81. The van der Waals surface area contributed by atoms with Gasteiger partial charge in [-0.3, -0.25) is 14.9 Å². The van der Waals surface area contributed by atoms with Gasteiger partial charge in [-0.15, -0.1) is 11.3 Å². The normalized spacial score (nSPS) is 11.2. The van der Waals surface area contributed by atoms with Crippen LogP contribution in [0.2, 0.25) is 0 Å². The lowest BCUT2D eigenvalue weighted by molar-refractivity contribution is -0.387. The van der Waals surface area contributed by atoms with Crippen LogP contribution in [0.3, 0.4) is 0 Å². The topological polar surface area (TPSA) is 97.5 Å². The number of nitrogens with zero attached hydrogens (tertiary/aromatic N) is 3. The largest absolute Gasteiger partial charge is 0.283 e. The number of hydrazone groups is 1. The monoisotopic (exact) mass is 414 g/mol. The minimum absolute atomic E-state index is 0.0227. The number of nitro benzene ring substituents is 1. The van der Waals surface area contributed by atoms with Gasteiger partial charge in [0, 0.05) is 18.1 Å². The highest BCUT2D eigenvalue weighted by Crippen LogP contribution is 2.38. The standard InChI is InChI=1S/C19H18N4O3S2/c1-2-3-8-18(24)22-20-12-13-9-10-17(15(11-13)23(25)26)28-19-21-14-6-4-5-7-16(14)27-19/h4-7,9-12H,2-3,8H2,1H3,(H,22,24)/b20-12-. The van der Waals surface area contributed by atoms with Crippen molar-refractivity contribution in [3.63, 3.8) is 0 Å². The Morgan fingerprint density at radius 1 is 1.36 bits per heavy atom. The predicted octanol–water partition coefficient (Wildman–Crippen LogP) is 5.00. The molecule has 0 fully saturated rings. The van der Waals surface area contributed by atoms with E-state index < -0.39 is 4.92 Å². The van der Waals surface area contributed by atoms with E-state index >= 15 is 0 Å². The van der Waals surface area contributed by atoms with Gasteiger partial charge >= 0.3 is 0 Å². The number of benzene rings is 2. The Kier molecular flexibility index (Phi) is 6.72. The lowest BCUT2D eigenvalue weighted by atomic mass is 10.2. The number of rotatable bonds is 8. The molecule has 144 valence electrons. The van der Waals surface area contributed by atoms with Gasteiger partial charge in [0.2, 0.25) is 5.91 Å². The second-order valence-corrected chi connectivity index (χ2v) is 8.25. The third kappa shape index (κ3) is 5.14. The summed E-state index contributed by atoms with van der Waals surface area (Å²) in [6.45, 7) is 2.00. The molecule has 9 heteroatoms. The van der Waals surface area contributed by atoms with E-state index in [4.69, 9.17) is 0 Å². The van der Waals surface area contributed by atoms with Gasteiger partial charge in [-0.1, -0.05) is 43.3 Å². The molecule has 1 heterocycles. The molecule has 7 nitrogen and oxygen atoms in total. The van der Waals surface area contributed by atoms with Gasteiger partial charge in [0.1, 0.15) is 0 Å². The van der Waals surface area contributed by atoms with Crippen molar-refractivity contribution in [3.05, 3.63) is 58.1 Å². The number of carbonyl (C=O) groups excluding carboxylic acids is 1. The summed E-state index contributed by atoms with van der Waals surface area (Å²) in [6.07, 6.45) is 3.54. The van der Waals surface area contributed by atoms with Crippen molar-refractivity contribution in [2.24, 2.45) is 5.10 Å². The number of hydrogen-bond donors (Lipinski definition) is 1. The van der Waals surface area contributed by atoms with Crippen molar-refractivity contribution in [2.75, 3.05) is 0 Å². The maximum Gasteiger partial charge on any atom is 0.283 e. The van der Waals surface area contributed by atoms with E-state index in [0.29, 0.717) is 16.9 Å². The number of thiazole rings is 1. The zero-order valence-corrected chi connectivity index (χ0v) is 16.8. The maximum absolute atomic E-state index is 11.6. The number of para-hydroxylation sites is 1. The van der Waals surface area contributed by atoms with Gasteiger partial charge < -0.3 is 0 Å². The molecule has 28 heavy (non-hydrogen) atoms. The number of amides is 1. The zero-order chi connectivity index (χ0) is 19.9. The van der Waals surface area contributed by atoms with Crippen LogP contribution in [-0.2, 0) is 4.79 Å². The molecular formula is C19H18N4O3S2. The first-order chi connectivity index (χ1) is 13.6. The van der Waals surface area contributed by atoms with Crippen molar-refractivity contribution >= 4 is 51.1 Å². The highest BCUT2D eigenvalue weighted by molar-refractivity contribution is 8.01. The minimum Gasteiger partial charge on any atom is -0.273 e. The van der Waals surface area contributed by atoms with E-state index in [1.807, 2.05) is 31.2 Å². The highest BCUT2D eigenvalue weighted by atomic mass is 32.2. The van der Waals surface area contributed by atoms with Crippen molar-refractivity contribution in [1.29, 1.82) is 0 Å².